The average Bonchev–Trinajstić information content (AvgIpc) is 3.20. The number of rotatable bonds is 6. The number of aromatic amines is 1. The Bertz CT molecular complexity index is 906. The van der Waals surface area contributed by atoms with Crippen molar-refractivity contribution in [1.82, 2.24) is 14.6 Å². The van der Waals surface area contributed by atoms with Gasteiger partial charge in [0.15, 0.2) is 0 Å². The van der Waals surface area contributed by atoms with Gasteiger partial charge >= 0.3 is 0 Å². The SMILES string of the molecule is COc1ccc2[nH]c(C(=O)N[C@H]3COC[C@H]3CS(=O)(=O)N(C)C)cc2c1. The molecule has 0 bridgehead atoms. The summed E-state index contributed by atoms with van der Waals surface area (Å²) in [7, 11) is 1.22. The quantitative estimate of drug-likeness (QED) is 0.771. The van der Waals surface area contributed by atoms with Crippen LogP contribution in [0.15, 0.2) is 24.3 Å². The van der Waals surface area contributed by atoms with Gasteiger partial charge in [-0.25, -0.2) is 12.7 Å². The molecule has 1 aromatic carbocycles. The van der Waals surface area contributed by atoms with Crippen molar-refractivity contribution in [2.45, 2.75) is 6.04 Å². The number of benzene rings is 1. The van der Waals surface area contributed by atoms with E-state index in [1.165, 1.54) is 18.4 Å². The lowest BCUT2D eigenvalue weighted by atomic mass is 10.1. The summed E-state index contributed by atoms with van der Waals surface area (Å²) in [6, 6.07) is 6.89. The van der Waals surface area contributed by atoms with E-state index in [2.05, 4.69) is 10.3 Å². The molecule has 2 heterocycles. The van der Waals surface area contributed by atoms with Crippen molar-refractivity contribution in [2.24, 2.45) is 5.92 Å². The maximum atomic E-state index is 12.6. The molecule has 0 unspecified atom stereocenters. The molecule has 142 valence electrons. The molecule has 1 aromatic heterocycles. The number of hydrogen-bond acceptors (Lipinski definition) is 5. The molecule has 1 amide bonds. The van der Waals surface area contributed by atoms with Crippen molar-refractivity contribution < 1.29 is 22.7 Å². The number of ether oxygens (including phenoxy) is 2. The number of sulfonamides is 1. The lowest BCUT2D eigenvalue weighted by molar-refractivity contribution is 0.0922. The molecular weight excluding hydrogens is 358 g/mol. The molecule has 2 aromatic rings. The number of H-pyrrole nitrogens is 1. The minimum atomic E-state index is -3.36. The van der Waals surface area contributed by atoms with Crippen molar-refractivity contribution in [1.29, 1.82) is 0 Å². The lowest BCUT2D eigenvalue weighted by Gasteiger charge is -2.20. The second-order valence-corrected chi connectivity index (χ2v) is 8.80. The van der Waals surface area contributed by atoms with Crippen LogP contribution < -0.4 is 10.1 Å². The molecule has 8 nitrogen and oxygen atoms in total. The van der Waals surface area contributed by atoms with Crippen molar-refractivity contribution in [3.8, 4) is 5.75 Å². The first-order valence-corrected chi connectivity index (χ1v) is 9.86. The molecule has 1 aliphatic heterocycles. The predicted molar refractivity (Wildman–Crippen MR) is 97.9 cm³/mol. The van der Waals surface area contributed by atoms with Crippen LogP contribution in [-0.2, 0) is 14.8 Å². The van der Waals surface area contributed by atoms with Gasteiger partial charge in [0.2, 0.25) is 10.0 Å². The van der Waals surface area contributed by atoms with E-state index >= 15 is 0 Å². The Morgan fingerprint density at radius 2 is 2.12 bits per heavy atom. The Kier molecular flexibility index (Phi) is 5.22. The molecule has 1 saturated heterocycles. The van der Waals surface area contributed by atoms with Crippen LogP contribution in [-0.4, -0.2) is 69.8 Å². The lowest BCUT2D eigenvalue weighted by Crippen LogP contribution is -2.43. The number of methoxy groups -OCH3 is 1. The summed E-state index contributed by atoms with van der Waals surface area (Å²) < 4.78 is 36.0. The number of nitrogens with zero attached hydrogens (tertiary/aromatic N) is 1. The van der Waals surface area contributed by atoms with Gasteiger partial charge < -0.3 is 19.8 Å². The zero-order chi connectivity index (χ0) is 18.9. The van der Waals surface area contributed by atoms with Crippen molar-refractivity contribution in [3.63, 3.8) is 0 Å². The normalized spacial score (nSPS) is 20.6. The number of aromatic nitrogens is 1. The zero-order valence-corrected chi connectivity index (χ0v) is 15.8. The molecule has 1 aliphatic rings. The van der Waals surface area contributed by atoms with Crippen LogP contribution in [0.3, 0.4) is 0 Å². The number of fused-ring (bicyclic) bond motifs is 1. The first kappa shape index (κ1) is 18.7. The number of amides is 1. The van der Waals surface area contributed by atoms with E-state index in [1.807, 2.05) is 18.2 Å². The molecule has 26 heavy (non-hydrogen) atoms. The molecule has 2 atom stereocenters. The second kappa shape index (κ2) is 7.26. The van der Waals surface area contributed by atoms with Crippen molar-refractivity contribution in [2.75, 3.05) is 40.2 Å². The number of nitrogens with one attached hydrogen (secondary N) is 2. The van der Waals surface area contributed by atoms with Gasteiger partial charge in [-0.05, 0) is 24.3 Å². The monoisotopic (exact) mass is 381 g/mol. The van der Waals surface area contributed by atoms with Crippen LogP contribution in [0.5, 0.6) is 5.75 Å². The van der Waals surface area contributed by atoms with Gasteiger partial charge in [0.1, 0.15) is 11.4 Å². The van der Waals surface area contributed by atoms with Crippen molar-refractivity contribution >= 4 is 26.8 Å². The number of hydrogen-bond donors (Lipinski definition) is 2. The smallest absolute Gasteiger partial charge is 0.268 e. The summed E-state index contributed by atoms with van der Waals surface area (Å²) in [6.07, 6.45) is 0. The van der Waals surface area contributed by atoms with E-state index in [0.717, 1.165) is 10.9 Å². The maximum absolute atomic E-state index is 12.6. The first-order chi connectivity index (χ1) is 12.3. The Labute approximate surface area is 152 Å². The van der Waals surface area contributed by atoms with Gasteiger partial charge in [-0.15, -0.1) is 0 Å². The fourth-order valence-corrected chi connectivity index (χ4v) is 4.12. The fourth-order valence-electron chi connectivity index (χ4n) is 2.95. The van der Waals surface area contributed by atoms with E-state index in [4.69, 9.17) is 9.47 Å². The minimum absolute atomic E-state index is 0.0607. The van der Waals surface area contributed by atoms with E-state index in [0.29, 0.717) is 24.7 Å². The molecule has 0 aliphatic carbocycles. The highest BCUT2D eigenvalue weighted by Gasteiger charge is 2.34. The van der Waals surface area contributed by atoms with Gasteiger partial charge in [-0.1, -0.05) is 0 Å². The zero-order valence-electron chi connectivity index (χ0n) is 15.0. The van der Waals surface area contributed by atoms with Crippen LogP contribution in [0.2, 0.25) is 0 Å². The second-order valence-electron chi connectivity index (χ2n) is 6.57. The van der Waals surface area contributed by atoms with E-state index < -0.39 is 10.0 Å². The molecule has 1 fully saturated rings. The summed E-state index contributed by atoms with van der Waals surface area (Å²) in [5, 5.41) is 3.75. The maximum Gasteiger partial charge on any atom is 0.268 e. The molecule has 0 saturated carbocycles. The highest BCUT2D eigenvalue weighted by atomic mass is 32.2. The van der Waals surface area contributed by atoms with Crippen molar-refractivity contribution in [3.05, 3.63) is 30.0 Å². The average molecular weight is 381 g/mol. The Morgan fingerprint density at radius 3 is 2.81 bits per heavy atom. The van der Waals surface area contributed by atoms with E-state index in [1.54, 1.807) is 13.2 Å². The van der Waals surface area contributed by atoms with Gasteiger partial charge in [-0.2, -0.15) is 0 Å². The third-order valence-corrected chi connectivity index (χ3v) is 6.53. The molecule has 0 radical (unpaired) electrons. The predicted octanol–water partition coefficient (Wildman–Crippen LogP) is 0.813. The van der Waals surface area contributed by atoms with Gasteiger partial charge in [0.05, 0.1) is 32.1 Å². The van der Waals surface area contributed by atoms with Gasteiger partial charge in [0.25, 0.3) is 5.91 Å². The van der Waals surface area contributed by atoms with Crippen LogP contribution >= 0.6 is 0 Å². The highest BCUT2D eigenvalue weighted by molar-refractivity contribution is 7.89. The molecular formula is C17H23N3O5S. The third-order valence-electron chi connectivity index (χ3n) is 4.57. The van der Waals surface area contributed by atoms with E-state index in [9.17, 15) is 13.2 Å². The fraction of sp³-hybridized carbons (Fsp3) is 0.471. The van der Waals surface area contributed by atoms with Crippen LogP contribution in [0.4, 0.5) is 0 Å². The highest BCUT2D eigenvalue weighted by Crippen LogP contribution is 2.22. The summed E-state index contributed by atoms with van der Waals surface area (Å²) in [5.41, 5.74) is 1.24. The number of carbonyl (C=O) groups is 1. The molecule has 3 rings (SSSR count). The van der Waals surface area contributed by atoms with Gasteiger partial charge in [0, 0.05) is 30.9 Å². The molecule has 9 heteroatoms. The Hall–Kier alpha value is -2.10. The Morgan fingerprint density at radius 1 is 1.35 bits per heavy atom. The molecule has 2 N–H and O–H groups in total. The topological polar surface area (TPSA) is 101 Å². The van der Waals surface area contributed by atoms with Crippen LogP contribution in [0.1, 0.15) is 10.5 Å². The largest absolute Gasteiger partial charge is 0.497 e. The minimum Gasteiger partial charge on any atom is -0.497 e. The summed E-state index contributed by atoms with van der Waals surface area (Å²) >= 11 is 0. The third kappa shape index (κ3) is 3.84. The summed E-state index contributed by atoms with van der Waals surface area (Å²) in [5.74, 6) is 0.0785. The molecule has 0 spiro atoms. The van der Waals surface area contributed by atoms with Crippen LogP contribution in [0.25, 0.3) is 10.9 Å². The Balaban J connectivity index is 1.72. The standard InChI is InChI=1S/C17H23N3O5S/c1-20(2)26(22,23)10-12-8-25-9-16(12)19-17(21)15-7-11-6-13(24-3)4-5-14(11)18-15/h4-7,12,16,18H,8-10H2,1-3H3,(H,19,21)/t12-,16-/m0/s1. The van der Waals surface area contributed by atoms with E-state index in [-0.39, 0.29) is 23.6 Å². The van der Waals surface area contributed by atoms with Crippen LogP contribution in [0, 0.1) is 5.92 Å². The summed E-state index contributed by atoms with van der Waals surface area (Å²) in [6.45, 7) is 0.606. The van der Waals surface area contributed by atoms with Gasteiger partial charge in [-0.3, -0.25) is 4.79 Å². The number of carbonyl (C=O) groups excluding carboxylic acids is 1. The first-order valence-electron chi connectivity index (χ1n) is 8.25. The summed E-state index contributed by atoms with van der Waals surface area (Å²) in [4.78, 5) is 15.6.